The van der Waals surface area contributed by atoms with E-state index in [9.17, 15) is 14.4 Å². The Morgan fingerprint density at radius 1 is 1.08 bits per heavy atom. The molecule has 0 bridgehead atoms. The fourth-order valence-corrected chi connectivity index (χ4v) is 3.29. The number of nitrogens with zero attached hydrogens (tertiary/aromatic N) is 1. The minimum Gasteiger partial charge on any atom is -0.292 e. The molecule has 1 fully saturated rings. The van der Waals surface area contributed by atoms with E-state index in [4.69, 9.17) is 11.6 Å². The lowest BCUT2D eigenvalue weighted by Crippen LogP contribution is -2.33. The maximum atomic E-state index is 12.5. The number of carbonyl (C=O) groups is 3. The molecule has 0 atom stereocenters. The van der Waals surface area contributed by atoms with Crippen LogP contribution in [0.1, 0.15) is 21.5 Å². The fourth-order valence-electron chi connectivity index (χ4n) is 2.32. The summed E-state index contributed by atoms with van der Waals surface area (Å²) < 4.78 is 0. The van der Waals surface area contributed by atoms with Crippen molar-refractivity contribution in [2.75, 3.05) is 6.54 Å². The molecule has 6 heteroatoms. The minimum absolute atomic E-state index is 0.280. The molecule has 0 unspecified atom stereocenters. The lowest BCUT2D eigenvalue weighted by Gasteiger charge is -2.11. The molecule has 2 aromatic rings. The highest BCUT2D eigenvalue weighted by Gasteiger charge is 2.36. The zero-order valence-electron chi connectivity index (χ0n) is 13.4. The van der Waals surface area contributed by atoms with Gasteiger partial charge in [-0.1, -0.05) is 41.4 Å². The number of imide groups is 1. The van der Waals surface area contributed by atoms with Crippen LogP contribution >= 0.6 is 23.4 Å². The van der Waals surface area contributed by atoms with Gasteiger partial charge >= 0.3 is 0 Å². The second kappa shape index (κ2) is 7.25. The number of Topliss-reactive ketones (excluding diaryl/α,β-unsaturated/α-hetero) is 1. The van der Waals surface area contributed by atoms with Gasteiger partial charge in [0, 0.05) is 10.6 Å². The third-order valence-electron chi connectivity index (χ3n) is 3.72. The van der Waals surface area contributed by atoms with E-state index in [1.807, 2.05) is 31.2 Å². The van der Waals surface area contributed by atoms with Crippen molar-refractivity contribution in [1.29, 1.82) is 0 Å². The Labute approximate surface area is 154 Å². The first-order valence-electron chi connectivity index (χ1n) is 7.55. The summed E-state index contributed by atoms with van der Waals surface area (Å²) in [5, 5.41) is 0.0782. The molecular weight excluding hydrogens is 358 g/mol. The average Bonchev–Trinajstić information content (AvgIpc) is 2.85. The minimum atomic E-state index is -0.446. The first kappa shape index (κ1) is 17.5. The maximum absolute atomic E-state index is 12.5. The molecule has 25 heavy (non-hydrogen) atoms. The molecule has 2 aromatic carbocycles. The number of halogens is 1. The van der Waals surface area contributed by atoms with Crippen LogP contribution in [0.25, 0.3) is 6.08 Å². The Kier molecular flexibility index (Phi) is 5.06. The van der Waals surface area contributed by atoms with Crippen molar-refractivity contribution in [3.05, 3.63) is 75.1 Å². The van der Waals surface area contributed by atoms with Gasteiger partial charge < -0.3 is 0 Å². The summed E-state index contributed by atoms with van der Waals surface area (Å²) in [7, 11) is 0. The van der Waals surface area contributed by atoms with E-state index >= 15 is 0 Å². The van der Waals surface area contributed by atoms with E-state index in [-0.39, 0.29) is 12.3 Å². The molecule has 1 saturated heterocycles. The molecule has 1 heterocycles. The Balaban J connectivity index is 1.76. The SMILES string of the molecule is Cc1ccc(/C=C2/SC(=O)N(CC(=O)c3ccc(Cl)cc3)C2=O)cc1. The van der Waals surface area contributed by atoms with E-state index < -0.39 is 11.1 Å². The highest BCUT2D eigenvalue weighted by Crippen LogP contribution is 2.32. The Morgan fingerprint density at radius 3 is 2.36 bits per heavy atom. The summed E-state index contributed by atoms with van der Waals surface area (Å²) >= 11 is 6.64. The molecule has 0 aliphatic carbocycles. The summed E-state index contributed by atoms with van der Waals surface area (Å²) in [6.07, 6.45) is 1.66. The van der Waals surface area contributed by atoms with E-state index in [0.29, 0.717) is 15.5 Å². The van der Waals surface area contributed by atoms with Gasteiger partial charge in [0.2, 0.25) is 0 Å². The first-order valence-corrected chi connectivity index (χ1v) is 8.74. The smallest absolute Gasteiger partial charge is 0.292 e. The number of thioether (sulfide) groups is 1. The van der Waals surface area contributed by atoms with E-state index in [1.165, 1.54) is 0 Å². The van der Waals surface area contributed by atoms with Crippen molar-refractivity contribution in [1.82, 2.24) is 4.90 Å². The lowest BCUT2D eigenvalue weighted by atomic mass is 10.1. The average molecular weight is 372 g/mol. The topological polar surface area (TPSA) is 54.5 Å². The summed E-state index contributed by atoms with van der Waals surface area (Å²) in [4.78, 5) is 38.1. The molecule has 126 valence electrons. The van der Waals surface area contributed by atoms with Crippen LogP contribution in [0.3, 0.4) is 0 Å². The Morgan fingerprint density at radius 2 is 1.72 bits per heavy atom. The standard InChI is InChI=1S/C19H14ClNO3S/c1-12-2-4-13(5-3-12)10-17-18(23)21(19(24)25-17)11-16(22)14-6-8-15(20)9-7-14/h2-10H,11H2,1H3/b17-10+. The Hall–Kier alpha value is -2.37. The quantitative estimate of drug-likeness (QED) is 0.583. The second-order valence-corrected chi connectivity index (χ2v) is 7.04. The van der Waals surface area contributed by atoms with Crippen molar-refractivity contribution >= 4 is 46.4 Å². The zero-order valence-corrected chi connectivity index (χ0v) is 14.9. The summed E-state index contributed by atoms with van der Waals surface area (Å²) in [5.41, 5.74) is 2.35. The summed E-state index contributed by atoms with van der Waals surface area (Å²) in [6.45, 7) is 1.69. The molecule has 3 rings (SSSR count). The van der Waals surface area contributed by atoms with Crippen molar-refractivity contribution in [3.63, 3.8) is 0 Å². The molecule has 0 N–H and O–H groups in total. The molecule has 2 amide bonds. The van der Waals surface area contributed by atoms with E-state index in [0.717, 1.165) is 27.8 Å². The van der Waals surface area contributed by atoms with Crippen LogP contribution in [0, 0.1) is 6.92 Å². The van der Waals surface area contributed by atoms with Crippen molar-refractivity contribution in [2.24, 2.45) is 0 Å². The number of hydrogen-bond donors (Lipinski definition) is 0. The molecule has 1 aliphatic rings. The number of ketones is 1. The van der Waals surface area contributed by atoms with Gasteiger partial charge in [-0.25, -0.2) is 0 Å². The predicted molar refractivity (Wildman–Crippen MR) is 99.6 cm³/mol. The third kappa shape index (κ3) is 4.00. The molecular formula is C19H14ClNO3S. The zero-order chi connectivity index (χ0) is 18.0. The van der Waals surface area contributed by atoms with Crippen molar-refractivity contribution in [2.45, 2.75) is 6.92 Å². The molecule has 0 aromatic heterocycles. The maximum Gasteiger partial charge on any atom is 0.293 e. The van der Waals surface area contributed by atoms with Gasteiger partial charge in [-0.15, -0.1) is 0 Å². The monoisotopic (exact) mass is 371 g/mol. The number of amides is 2. The third-order valence-corrected chi connectivity index (χ3v) is 4.88. The molecule has 4 nitrogen and oxygen atoms in total. The van der Waals surface area contributed by atoms with Crippen LogP contribution in [0.15, 0.2) is 53.4 Å². The summed E-state index contributed by atoms with van der Waals surface area (Å²) in [6, 6.07) is 14.0. The van der Waals surface area contributed by atoms with Gasteiger partial charge in [-0.3, -0.25) is 19.3 Å². The van der Waals surface area contributed by atoms with Crippen LogP contribution in [0.5, 0.6) is 0 Å². The van der Waals surface area contributed by atoms with E-state index in [1.54, 1.807) is 30.3 Å². The summed E-state index contributed by atoms with van der Waals surface area (Å²) in [5.74, 6) is -0.756. The molecule has 0 radical (unpaired) electrons. The van der Waals surface area contributed by atoms with Gasteiger partial charge in [-0.2, -0.15) is 0 Å². The second-order valence-electron chi connectivity index (χ2n) is 5.61. The normalized spacial score (nSPS) is 15.9. The molecule has 0 saturated carbocycles. The first-order chi connectivity index (χ1) is 11.9. The predicted octanol–water partition coefficient (Wildman–Crippen LogP) is 4.57. The number of aryl methyl sites for hydroxylation is 1. The van der Waals surface area contributed by atoms with Crippen LogP contribution in [0.4, 0.5) is 4.79 Å². The van der Waals surface area contributed by atoms with Crippen LogP contribution in [0.2, 0.25) is 5.02 Å². The van der Waals surface area contributed by atoms with Gasteiger partial charge in [-0.05, 0) is 54.6 Å². The number of carbonyl (C=O) groups excluding carboxylic acids is 3. The van der Waals surface area contributed by atoms with Gasteiger partial charge in [0.1, 0.15) is 0 Å². The number of rotatable bonds is 4. The van der Waals surface area contributed by atoms with Gasteiger partial charge in [0.15, 0.2) is 5.78 Å². The fraction of sp³-hybridized carbons (Fsp3) is 0.105. The van der Waals surface area contributed by atoms with Gasteiger partial charge in [0.05, 0.1) is 11.4 Å². The molecule has 1 aliphatic heterocycles. The van der Waals surface area contributed by atoms with Crippen molar-refractivity contribution < 1.29 is 14.4 Å². The largest absolute Gasteiger partial charge is 0.293 e. The molecule has 0 spiro atoms. The lowest BCUT2D eigenvalue weighted by molar-refractivity contribution is -0.122. The highest BCUT2D eigenvalue weighted by atomic mass is 35.5. The van der Waals surface area contributed by atoms with E-state index in [2.05, 4.69) is 0 Å². The van der Waals surface area contributed by atoms with Crippen LogP contribution in [-0.4, -0.2) is 28.4 Å². The van der Waals surface area contributed by atoms with Crippen molar-refractivity contribution in [3.8, 4) is 0 Å². The Bertz CT molecular complexity index is 873. The highest BCUT2D eigenvalue weighted by molar-refractivity contribution is 8.18. The number of benzene rings is 2. The van der Waals surface area contributed by atoms with Crippen LogP contribution < -0.4 is 0 Å². The number of hydrogen-bond acceptors (Lipinski definition) is 4. The van der Waals surface area contributed by atoms with Gasteiger partial charge in [0.25, 0.3) is 11.1 Å². The van der Waals surface area contributed by atoms with Crippen LogP contribution in [-0.2, 0) is 4.79 Å².